The van der Waals surface area contributed by atoms with E-state index in [1.165, 1.54) is 0 Å². The highest BCUT2D eigenvalue weighted by Crippen LogP contribution is 2.18. The summed E-state index contributed by atoms with van der Waals surface area (Å²) in [5, 5.41) is 11.5. The third kappa shape index (κ3) is 6.45. The van der Waals surface area contributed by atoms with Gasteiger partial charge in [0.1, 0.15) is 5.84 Å². The molecule has 1 amide bonds. The molecule has 0 bridgehead atoms. The molecule has 0 unspecified atom stereocenters. The Bertz CT molecular complexity index is 284. The van der Waals surface area contributed by atoms with Crippen LogP contribution in [0.25, 0.3) is 0 Å². The van der Waals surface area contributed by atoms with Gasteiger partial charge in [0.2, 0.25) is 5.91 Å². The van der Waals surface area contributed by atoms with Crippen molar-refractivity contribution in [1.82, 2.24) is 4.90 Å². The van der Waals surface area contributed by atoms with Crippen LogP contribution in [0.4, 0.5) is 0 Å². The van der Waals surface area contributed by atoms with Crippen LogP contribution in [0.3, 0.4) is 0 Å². The maximum Gasteiger partial charge on any atom is 0.225 e. The van der Waals surface area contributed by atoms with Gasteiger partial charge in [-0.3, -0.25) is 4.79 Å². The van der Waals surface area contributed by atoms with Crippen LogP contribution in [0.15, 0.2) is 5.16 Å². The fraction of sp³-hybridized carbons (Fsp3) is 0.857. The summed E-state index contributed by atoms with van der Waals surface area (Å²) in [6.07, 6.45) is 4.30. The van der Waals surface area contributed by atoms with Crippen LogP contribution < -0.4 is 5.73 Å². The summed E-state index contributed by atoms with van der Waals surface area (Å²) in [5.74, 6) is 0.468. The number of amidine groups is 1. The molecule has 0 aliphatic heterocycles. The Morgan fingerprint density at radius 3 is 2.16 bits per heavy atom. The van der Waals surface area contributed by atoms with E-state index in [0.29, 0.717) is 13.0 Å². The lowest BCUT2D eigenvalue weighted by molar-refractivity contribution is -0.137. The maximum absolute atomic E-state index is 12.5. The topological polar surface area (TPSA) is 78.9 Å². The predicted molar refractivity (Wildman–Crippen MR) is 78.2 cm³/mol. The first-order chi connectivity index (χ1) is 8.97. The minimum absolute atomic E-state index is 0.102. The molecule has 3 N–H and O–H groups in total. The number of rotatable bonds is 9. The Hall–Kier alpha value is -1.26. The van der Waals surface area contributed by atoms with Gasteiger partial charge in [-0.1, -0.05) is 31.8 Å². The Balaban J connectivity index is 4.69. The molecule has 0 aliphatic rings. The van der Waals surface area contributed by atoms with Crippen molar-refractivity contribution >= 4 is 11.7 Å². The van der Waals surface area contributed by atoms with E-state index in [4.69, 9.17) is 10.9 Å². The van der Waals surface area contributed by atoms with Crippen LogP contribution >= 0.6 is 0 Å². The second kappa shape index (κ2) is 9.64. The number of hydrogen-bond acceptors (Lipinski definition) is 3. The largest absolute Gasteiger partial charge is 0.409 e. The summed E-state index contributed by atoms with van der Waals surface area (Å²) in [7, 11) is 0. The summed E-state index contributed by atoms with van der Waals surface area (Å²) in [6.45, 7) is 8.71. The van der Waals surface area contributed by atoms with Gasteiger partial charge in [-0.15, -0.1) is 0 Å². The molecule has 0 aromatic carbocycles. The first-order valence-corrected chi connectivity index (χ1v) is 7.24. The summed E-state index contributed by atoms with van der Waals surface area (Å²) in [6, 6.07) is 0.134. The van der Waals surface area contributed by atoms with Crippen molar-refractivity contribution in [2.45, 2.75) is 65.8 Å². The lowest BCUT2D eigenvalue weighted by atomic mass is 9.96. The molecule has 0 fully saturated rings. The average Bonchev–Trinajstić information content (AvgIpc) is 2.37. The minimum atomic E-state index is 0.102. The van der Waals surface area contributed by atoms with E-state index >= 15 is 0 Å². The van der Waals surface area contributed by atoms with Gasteiger partial charge in [0, 0.05) is 24.9 Å². The summed E-state index contributed by atoms with van der Waals surface area (Å²) < 4.78 is 0. The van der Waals surface area contributed by atoms with Crippen molar-refractivity contribution in [2.75, 3.05) is 6.54 Å². The average molecular weight is 271 g/mol. The molecule has 0 saturated carbocycles. The molecule has 5 heteroatoms. The zero-order valence-electron chi connectivity index (χ0n) is 12.7. The highest BCUT2D eigenvalue weighted by atomic mass is 16.4. The molecule has 0 rings (SSSR count). The lowest BCUT2D eigenvalue weighted by Gasteiger charge is -2.30. The maximum atomic E-state index is 12.5. The Kier molecular flexibility index (Phi) is 9.00. The fourth-order valence-corrected chi connectivity index (χ4v) is 2.23. The molecular weight excluding hydrogens is 242 g/mol. The van der Waals surface area contributed by atoms with E-state index in [0.717, 1.165) is 25.7 Å². The van der Waals surface area contributed by atoms with Gasteiger partial charge in [-0.2, -0.15) is 0 Å². The summed E-state index contributed by atoms with van der Waals surface area (Å²) >= 11 is 0. The van der Waals surface area contributed by atoms with Crippen LogP contribution in [-0.4, -0.2) is 34.4 Å². The molecule has 0 aromatic heterocycles. The van der Waals surface area contributed by atoms with Crippen molar-refractivity contribution in [1.29, 1.82) is 0 Å². The van der Waals surface area contributed by atoms with Crippen LogP contribution in [-0.2, 0) is 4.79 Å². The molecule has 0 radical (unpaired) electrons. The molecule has 112 valence electrons. The number of oxime groups is 1. The quantitative estimate of drug-likeness (QED) is 0.293. The first kappa shape index (κ1) is 17.7. The molecule has 0 aromatic rings. The van der Waals surface area contributed by atoms with Gasteiger partial charge < -0.3 is 15.8 Å². The zero-order chi connectivity index (χ0) is 14.8. The highest BCUT2D eigenvalue weighted by Gasteiger charge is 2.24. The number of carbonyl (C=O) groups is 1. The number of hydrogen-bond donors (Lipinski definition) is 2. The van der Waals surface area contributed by atoms with E-state index in [2.05, 4.69) is 19.0 Å². The number of nitrogens with two attached hydrogens (primary N) is 1. The van der Waals surface area contributed by atoms with Crippen molar-refractivity contribution in [3.8, 4) is 0 Å². The lowest BCUT2D eigenvalue weighted by Crippen LogP contribution is -2.42. The van der Waals surface area contributed by atoms with E-state index in [1.54, 1.807) is 0 Å². The smallest absolute Gasteiger partial charge is 0.225 e. The van der Waals surface area contributed by atoms with Crippen molar-refractivity contribution < 1.29 is 10.0 Å². The molecule has 0 heterocycles. The van der Waals surface area contributed by atoms with Crippen LogP contribution in [0.1, 0.15) is 59.8 Å². The third-order valence-corrected chi connectivity index (χ3v) is 3.27. The molecule has 0 saturated heterocycles. The monoisotopic (exact) mass is 271 g/mol. The normalized spacial score (nSPS) is 12.2. The first-order valence-electron chi connectivity index (χ1n) is 7.24. The van der Waals surface area contributed by atoms with E-state index in [9.17, 15) is 4.79 Å². The van der Waals surface area contributed by atoms with E-state index in [-0.39, 0.29) is 23.7 Å². The number of carbonyl (C=O) groups excluding carboxylic acids is 1. The zero-order valence-corrected chi connectivity index (χ0v) is 12.7. The SMILES string of the molecule is CCCC(CCC)C(=O)N(CCC(N)=NO)C(C)C. The van der Waals surface area contributed by atoms with E-state index < -0.39 is 0 Å². The Labute approximate surface area is 116 Å². The third-order valence-electron chi connectivity index (χ3n) is 3.27. The molecule has 0 aliphatic carbocycles. The van der Waals surface area contributed by atoms with Gasteiger partial charge in [0.05, 0.1) is 0 Å². The predicted octanol–water partition coefficient (Wildman–Crippen LogP) is 2.58. The Morgan fingerprint density at radius 2 is 1.79 bits per heavy atom. The van der Waals surface area contributed by atoms with Gasteiger partial charge in [0.15, 0.2) is 0 Å². The molecular formula is C14H29N3O2. The van der Waals surface area contributed by atoms with Gasteiger partial charge in [0.25, 0.3) is 0 Å². The fourth-order valence-electron chi connectivity index (χ4n) is 2.23. The highest BCUT2D eigenvalue weighted by molar-refractivity contribution is 5.82. The standard InChI is InChI=1S/C14H29N3O2/c1-5-7-12(8-6-2)14(18)17(11(3)4)10-9-13(15)16-19/h11-12,19H,5-10H2,1-4H3,(H2,15,16). The second-order valence-electron chi connectivity index (χ2n) is 5.24. The van der Waals surface area contributed by atoms with Crippen LogP contribution in [0.5, 0.6) is 0 Å². The van der Waals surface area contributed by atoms with Crippen molar-refractivity contribution in [3.05, 3.63) is 0 Å². The van der Waals surface area contributed by atoms with Crippen LogP contribution in [0.2, 0.25) is 0 Å². The van der Waals surface area contributed by atoms with Gasteiger partial charge >= 0.3 is 0 Å². The van der Waals surface area contributed by atoms with Crippen molar-refractivity contribution in [3.63, 3.8) is 0 Å². The summed E-state index contributed by atoms with van der Waals surface area (Å²) in [4.78, 5) is 14.4. The molecule has 0 atom stereocenters. The minimum Gasteiger partial charge on any atom is -0.409 e. The van der Waals surface area contributed by atoms with E-state index in [1.807, 2.05) is 18.7 Å². The van der Waals surface area contributed by atoms with Gasteiger partial charge in [-0.25, -0.2) is 0 Å². The van der Waals surface area contributed by atoms with Gasteiger partial charge in [-0.05, 0) is 26.7 Å². The number of amides is 1. The van der Waals surface area contributed by atoms with Crippen LogP contribution in [0, 0.1) is 5.92 Å². The molecule has 19 heavy (non-hydrogen) atoms. The molecule has 0 spiro atoms. The number of nitrogens with zero attached hydrogens (tertiary/aromatic N) is 2. The Morgan fingerprint density at radius 1 is 1.26 bits per heavy atom. The molecule has 5 nitrogen and oxygen atoms in total. The second-order valence-corrected chi connectivity index (χ2v) is 5.24. The summed E-state index contributed by atoms with van der Waals surface area (Å²) in [5.41, 5.74) is 5.48. The van der Waals surface area contributed by atoms with Crippen molar-refractivity contribution in [2.24, 2.45) is 16.8 Å².